The third-order valence-corrected chi connectivity index (χ3v) is 4.34. The van der Waals surface area contributed by atoms with Crippen molar-refractivity contribution in [3.05, 3.63) is 29.8 Å². The van der Waals surface area contributed by atoms with Crippen molar-refractivity contribution < 1.29 is 23.8 Å². The zero-order valence-corrected chi connectivity index (χ0v) is 14.3. The molecule has 1 aliphatic carbocycles. The first-order valence-electron chi connectivity index (χ1n) is 8.70. The summed E-state index contributed by atoms with van der Waals surface area (Å²) in [6, 6.07) is 5.64. The summed E-state index contributed by atoms with van der Waals surface area (Å²) in [5, 5.41) is 2.92. The molecule has 1 aliphatic heterocycles. The fourth-order valence-corrected chi connectivity index (χ4v) is 2.98. The number of hydrogen-bond acceptors (Lipinski definition) is 5. The molecule has 1 aromatic carbocycles. The van der Waals surface area contributed by atoms with Crippen molar-refractivity contribution in [1.29, 1.82) is 0 Å². The quantitative estimate of drug-likeness (QED) is 0.655. The first-order valence-corrected chi connectivity index (χ1v) is 8.70. The number of carbonyl (C=O) groups is 2. The predicted octanol–water partition coefficient (Wildman–Crippen LogP) is 2.46. The lowest BCUT2D eigenvalue weighted by molar-refractivity contribution is -0.150. The maximum atomic E-state index is 12.0. The number of fused-ring (bicyclic) bond motifs is 1. The lowest BCUT2D eigenvalue weighted by atomic mass is 10.2. The maximum Gasteiger partial charge on any atom is 0.331 e. The number of rotatable bonds is 5. The van der Waals surface area contributed by atoms with Crippen LogP contribution >= 0.6 is 0 Å². The standard InChI is InChI=1S/C19H23NO5/c1-13(19(22)20-15-4-2-3-5-15)25-18(21)9-7-14-6-8-16-17(12-14)24-11-10-23-16/h6-9,12-13,15H,2-5,10-11H2,1H3,(H,20,22)/b9-7+/t13-/m1/s1. The van der Waals surface area contributed by atoms with Crippen LogP contribution in [0.15, 0.2) is 24.3 Å². The fraction of sp³-hybridized carbons (Fsp3) is 0.474. The van der Waals surface area contributed by atoms with Crippen LogP contribution in [0, 0.1) is 0 Å². The number of amides is 1. The summed E-state index contributed by atoms with van der Waals surface area (Å²) in [7, 11) is 0. The number of ether oxygens (including phenoxy) is 3. The number of carbonyl (C=O) groups excluding carboxylic acids is 2. The van der Waals surface area contributed by atoms with Crippen LogP contribution in [0.3, 0.4) is 0 Å². The van der Waals surface area contributed by atoms with E-state index in [0.717, 1.165) is 31.2 Å². The minimum atomic E-state index is -0.807. The summed E-state index contributed by atoms with van der Waals surface area (Å²) >= 11 is 0. The fourth-order valence-electron chi connectivity index (χ4n) is 2.98. The van der Waals surface area contributed by atoms with E-state index in [0.29, 0.717) is 24.7 Å². The minimum Gasteiger partial charge on any atom is -0.486 e. The number of benzene rings is 1. The van der Waals surface area contributed by atoms with Crippen molar-refractivity contribution in [2.45, 2.75) is 44.8 Å². The van der Waals surface area contributed by atoms with Crippen LogP contribution in [0.1, 0.15) is 38.2 Å². The van der Waals surface area contributed by atoms with Gasteiger partial charge < -0.3 is 19.5 Å². The third kappa shape index (κ3) is 4.75. The summed E-state index contributed by atoms with van der Waals surface area (Å²) < 4.78 is 16.1. The average molecular weight is 345 g/mol. The Kier molecular flexibility index (Phi) is 5.58. The van der Waals surface area contributed by atoms with Crippen LogP contribution in [0.4, 0.5) is 0 Å². The van der Waals surface area contributed by atoms with E-state index in [1.165, 1.54) is 6.08 Å². The Labute approximate surface area is 147 Å². The molecule has 2 aliphatic rings. The summed E-state index contributed by atoms with van der Waals surface area (Å²) in [6.45, 7) is 2.63. The summed E-state index contributed by atoms with van der Waals surface area (Å²) in [5.74, 6) is 0.561. The SMILES string of the molecule is C[C@@H](OC(=O)/C=C/c1ccc2c(c1)OCCO2)C(=O)NC1CCCC1. The van der Waals surface area contributed by atoms with Gasteiger partial charge in [0, 0.05) is 12.1 Å². The molecule has 0 spiro atoms. The zero-order valence-electron chi connectivity index (χ0n) is 14.3. The van der Waals surface area contributed by atoms with Crippen LogP contribution in [0.2, 0.25) is 0 Å². The highest BCUT2D eigenvalue weighted by Crippen LogP contribution is 2.31. The molecular formula is C19H23NO5. The van der Waals surface area contributed by atoms with Crippen LogP contribution in [-0.2, 0) is 14.3 Å². The second kappa shape index (κ2) is 8.05. The molecule has 3 rings (SSSR count). The van der Waals surface area contributed by atoms with E-state index >= 15 is 0 Å². The Morgan fingerprint density at radius 2 is 1.92 bits per heavy atom. The van der Waals surface area contributed by atoms with Crippen LogP contribution < -0.4 is 14.8 Å². The van der Waals surface area contributed by atoms with Gasteiger partial charge in [0.2, 0.25) is 0 Å². The van der Waals surface area contributed by atoms with E-state index in [9.17, 15) is 9.59 Å². The van der Waals surface area contributed by atoms with Gasteiger partial charge in [-0.25, -0.2) is 4.79 Å². The third-order valence-electron chi connectivity index (χ3n) is 4.34. The Balaban J connectivity index is 1.51. The summed E-state index contributed by atoms with van der Waals surface area (Å²) in [4.78, 5) is 23.9. The Bertz CT molecular complexity index is 664. The monoisotopic (exact) mass is 345 g/mol. The molecule has 6 nitrogen and oxygen atoms in total. The Morgan fingerprint density at radius 1 is 1.20 bits per heavy atom. The van der Waals surface area contributed by atoms with Crippen molar-refractivity contribution >= 4 is 18.0 Å². The molecule has 1 amide bonds. The van der Waals surface area contributed by atoms with Crippen molar-refractivity contribution in [3.8, 4) is 11.5 Å². The van der Waals surface area contributed by atoms with E-state index in [-0.39, 0.29) is 11.9 Å². The van der Waals surface area contributed by atoms with Crippen molar-refractivity contribution in [3.63, 3.8) is 0 Å². The molecule has 1 heterocycles. The van der Waals surface area contributed by atoms with Gasteiger partial charge in [0.05, 0.1) is 0 Å². The lowest BCUT2D eigenvalue weighted by Gasteiger charge is -2.18. The van der Waals surface area contributed by atoms with Crippen molar-refractivity contribution in [1.82, 2.24) is 5.32 Å². The van der Waals surface area contributed by atoms with Gasteiger partial charge in [0.1, 0.15) is 13.2 Å². The molecule has 1 N–H and O–H groups in total. The molecule has 25 heavy (non-hydrogen) atoms. The minimum absolute atomic E-state index is 0.210. The highest BCUT2D eigenvalue weighted by Gasteiger charge is 2.22. The maximum absolute atomic E-state index is 12.0. The van der Waals surface area contributed by atoms with Gasteiger partial charge in [-0.05, 0) is 43.5 Å². The first kappa shape index (κ1) is 17.3. The van der Waals surface area contributed by atoms with Gasteiger partial charge in [0.25, 0.3) is 5.91 Å². The van der Waals surface area contributed by atoms with E-state index in [1.54, 1.807) is 25.1 Å². The second-order valence-corrected chi connectivity index (χ2v) is 6.31. The van der Waals surface area contributed by atoms with Crippen LogP contribution in [-0.4, -0.2) is 37.2 Å². The van der Waals surface area contributed by atoms with Crippen LogP contribution in [0.5, 0.6) is 11.5 Å². The van der Waals surface area contributed by atoms with E-state index in [2.05, 4.69) is 5.32 Å². The summed E-state index contributed by atoms with van der Waals surface area (Å²) in [6.07, 6.45) is 6.40. The number of nitrogens with one attached hydrogen (secondary N) is 1. The smallest absolute Gasteiger partial charge is 0.331 e. The van der Waals surface area contributed by atoms with Crippen LogP contribution in [0.25, 0.3) is 6.08 Å². The molecule has 1 saturated carbocycles. The Morgan fingerprint density at radius 3 is 2.68 bits per heavy atom. The largest absolute Gasteiger partial charge is 0.486 e. The molecule has 1 atom stereocenters. The number of hydrogen-bond donors (Lipinski definition) is 1. The molecule has 0 bridgehead atoms. The molecule has 1 aromatic rings. The zero-order chi connectivity index (χ0) is 17.6. The molecule has 0 radical (unpaired) electrons. The lowest BCUT2D eigenvalue weighted by Crippen LogP contribution is -2.40. The van der Waals surface area contributed by atoms with Gasteiger partial charge in [-0.15, -0.1) is 0 Å². The van der Waals surface area contributed by atoms with Gasteiger partial charge in [-0.2, -0.15) is 0 Å². The topological polar surface area (TPSA) is 73.9 Å². The van der Waals surface area contributed by atoms with E-state index in [1.807, 2.05) is 6.07 Å². The average Bonchev–Trinajstić information content (AvgIpc) is 3.12. The normalized spacial score (nSPS) is 18.1. The summed E-state index contributed by atoms with van der Waals surface area (Å²) in [5.41, 5.74) is 0.796. The Hall–Kier alpha value is -2.50. The molecule has 0 aromatic heterocycles. The molecule has 1 fully saturated rings. The molecule has 0 unspecified atom stereocenters. The predicted molar refractivity (Wildman–Crippen MR) is 92.4 cm³/mol. The highest BCUT2D eigenvalue weighted by molar-refractivity contribution is 5.90. The molecular weight excluding hydrogens is 322 g/mol. The molecule has 0 saturated heterocycles. The van der Waals surface area contributed by atoms with Crippen molar-refractivity contribution in [2.24, 2.45) is 0 Å². The van der Waals surface area contributed by atoms with Gasteiger partial charge in [-0.1, -0.05) is 18.9 Å². The second-order valence-electron chi connectivity index (χ2n) is 6.31. The van der Waals surface area contributed by atoms with Gasteiger partial charge in [-0.3, -0.25) is 4.79 Å². The van der Waals surface area contributed by atoms with Crippen molar-refractivity contribution in [2.75, 3.05) is 13.2 Å². The van der Waals surface area contributed by atoms with E-state index < -0.39 is 12.1 Å². The first-order chi connectivity index (χ1) is 12.1. The van der Waals surface area contributed by atoms with Gasteiger partial charge in [0.15, 0.2) is 17.6 Å². The molecule has 6 heteroatoms. The van der Waals surface area contributed by atoms with Gasteiger partial charge >= 0.3 is 5.97 Å². The number of esters is 1. The van der Waals surface area contributed by atoms with E-state index in [4.69, 9.17) is 14.2 Å². The highest BCUT2D eigenvalue weighted by atomic mass is 16.6. The molecule has 134 valence electrons.